The molecule has 61 heavy (non-hydrogen) atoms. The number of carbonyl (C=O) groups is 1. The van der Waals surface area contributed by atoms with Crippen molar-refractivity contribution in [2.75, 3.05) is 11.4 Å². The van der Waals surface area contributed by atoms with E-state index in [0.717, 1.165) is 40.7 Å². The fourth-order valence-corrected chi connectivity index (χ4v) is 9.87. The van der Waals surface area contributed by atoms with Crippen LogP contribution < -0.4 is 10.2 Å². The molecule has 0 atom stereocenters. The molecule has 0 radical (unpaired) electrons. The summed E-state index contributed by atoms with van der Waals surface area (Å²) in [6.45, 7) is 29.3. The summed E-state index contributed by atoms with van der Waals surface area (Å²) in [4.78, 5) is 21.4. The SMILES string of the molecule is [C-]#[N+]C1=C(/C=C/c2ccc(N=Nc3ccc(N(c4ccccc4)c4ccc(COC(=O)NCCC[Si](C)(OC(C)C)OC(C)C)cc4)cc3)cc2)C(C)(C)O/C1=C(\C#N)[N+]#[C-]. The highest BCUT2D eigenvalue weighted by molar-refractivity contribution is 6.66. The van der Waals surface area contributed by atoms with E-state index in [4.69, 9.17) is 31.5 Å². The Kier molecular flexibility index (Phi) is 15.5. The second kappa shape index (κ2) is 20.9. The number of alkyl carbamates (subject to hydrolysis) is 1. The molecule has 0 spiro atoms. The van der Waals surface area contributed by atoms with E-state index >= 15 is 0 Å². The zero-order valence-electron chi connectivity index (χ0n) is 35.7. The lowest BCUT2D eigenvalue weighted by atomic mass is 9.96. The molecule has 13 heteroatoms. The lowest BCUT2D eigenvalue weighted by molar-refractivity contribution is 0.0952. The Morgan fingerprint density at radius 3 is 1.97 bits per heavy atom. The molecule has 1 amide bonds. The number of nitrogens with one attached hydrogen (secondary N) is 1. The number of amides is 1. The van der Waals surface area contributed by atoms with Crippen LogP contribution in [0.2, 0.25) is 12.6 Å². The Morgan fingerprint density at radius 1 is 0.869 bits per heavy atom. The van der Waals surface area contributed by atoms with E-state index in [0.29, 0.717) is 23.5 Å². The number of para-hydroxylation sites is 1. The number of ether oxygens (including phenoxy) is 2. The van der Waals surface area contributed by atoms with Gasteiger partial charge in [0.2, 0.25) is 5.70 Å². The van der Waals surface area contributed by atoms with Crippen molar-refractivity contribution in [1.29, 1.82) is 5.26 Å². The van der Waals surface area contributed by atoms with Crippen LogP contribution in [0.5, 0.6) is 0 Å². The summed E-state index contributed by atoms with van der Waals surface area (Å²) in [5.41, 5.74) is 5.53. The molecule has 0 saturated heterocycles. The van der Waals surface area contributed by atoms with Crippen molar-refractivity contribution in [1.82, 2.24) is 5.32 Å². The average molecular weight is 834 g/mol. The number of hydrogen-bond donors (Lipinski definition) is 1. The lowest BCUT2D eigenvalue weighted by Crippen LogP contribution is -2.43. The fraction of sp³-hybridized carbons (Fsp3) is 0.292. The van der Waals surface area contributed by atoms with Crippen LogP contribution in [-0.2, 0) is 24.9 Å². The Balaban J connectivity index is 1.20. The molecule has 4 aromatic rings. The molecule has 312 valence electrons. The normalized spacial score (nSPS) is 14.5. The monoisotopic (exact) mass is 833 g/mol. The Labute approximate surface area is 360 Å². The predicted octanol–water partition coefficient (Wildman–Crippen LogP) is 12.8. The molecule has 0 aromatic heterocycles. The van der Waals surface area contributed by atoms with Gasteiger partial charge in [0.05, 0.1) is 30.6 Å². The zero-order valence-corrected chi connectivity index (χ0v) is 36.7. The summed E-state index contributed by atoms with van der Waals surface area (Å²) in [5.74, 6) is 0.0192. The molecular formula is C48H51N7O5Si. The van der Waals surface area contributed by atoms with E-state index in [1.807, 2.05) is 143 Å². The van der Waals surface area contributed by atoms with Crippen molar-refractivity contribution in [2.45, 2.75) is 85.0 Å². The molecule has 0 bridgehead atoms. The van der Waals surface area contributed by atoms with Crippen molar-refractivity contribution >= 4 is 49.2 Å². The van der Waals surface area contributed by atoms with Gasteiger partial charge < -0.3 is 28.5 Å². The van der Waals surface area contributed by atoms with Gasteiger partial charge in [-0.2, -0.15) is 10.2 Å². The largest absolute Gasteiger partial charge is 0.505 e. The maximum absolute atomic E-state index is 12.5. The van der Waals surface area contributed by atoms with Gasteiger partial charge in [-0.3, -0.25) is 0 Å². The Hall–Kier alpha value is -6.82. The highest BCUT2D eigenvalue weighted by Crippen LogP contribution is 2.42. The third kappa shape index (κ3) is 12.6. The second-order valence-electron chi connectivity index (χ2n) is 15.4. The first kappa shape index (κ1) is 45.3. The quantitative estimate of drug-likeness (QED) is 0.0369. The van der Waals surface area contributed by atoms with Crippen molar-refractivity contribution in [3.63, 3.8) is 0 Å². The van der Waals surface area contributed by atoms with E-state index < -0.39 is 20.3 Å². The van der Waals surface area contributed by atoms with Gasteiger partial charge in [0.1, 0.15) is 18.0 Å². The van der Waals surface area contributed by atoms with E-state index in [2.05, 4.69) is 36.7 Å². The first-order valence-corrected chi connectivity index (χ1v) is 22.6. The van der Waals surface area contributed by atoms with Crippen LogP contribution in [-0.4, -0.2) is 39.0 Å². The van der Waals surface area contributed by atoms with E-state index in [9.17, 15) is 10.1 Å². The molecule has 1 N–H and O–H groups in total. The molecule has 0 unspecified atom stereocenters. The molecule has 0 saturated carbocycles. The Bertz CT molecular complexity index is 2360. The predicted molar refractivity (Wildman–Crippen MR) is 240 cm³/mol. The van der Waals surface area contributed by atoms with Crippen molar-refractivity contribution in [3.8, 4) is 6.07 Å². The number of carbonyl (C=O) groups excluding carboxylic acids is 1. The molecular weight excluding hydrogens is 783 g/mol. The van der Waals surface area contributed by atoms with Crippen LogP contribution in [0, 0.1) is 24.5 Å². The highest BCUT2D eigenvalue weighted by atomic mass is 28.4. The van der Waals surface area contributed by atoms with Gasteiger partial charge in [-0.25, -0.2) is 19.7 Å². The second-order valence-corrected chi connectivity index (χ2v) is 18.7. The topological polar surface area (TPSA) is 126 Å². The molecule has 5 rings (SSSR count). The zero-order chi connectivity index (χ0) is 44.0. The molecule has 1 aliphatic heterocycles. The summed E-state index contributed by atoms with van der Waals surface area (Å²) in [6, 6.07) is 35.8. The minimum atomic E-state index is -2.35. The summed E-state index contributed by atoms with van der Waals surface area (Å²) in [6.07, 6.45) is 4.07. The van der Waals surface area contributed by atoms with Gasteiger partial charge in [0.25, 0.3) is 5.70 Å². The van der Waals surface area contributed by atoms with Crippen molar-refractivity contribution < 1.29 is 23.1 Å². The maximum atomic E-state index is 12.5. The summed E-state index contributed by atoms with van der Waals surface area (Å²) >= 11 is 0. The third-order valence-corrected chi connectivity index (χ3v) is 12.6. The number of nitriles is 1. The fourth-order valence-electron chi connectivity index (χ4n) is 6.77. The Morgan fingerprint density at radius 2 is 1.43 bits per heavy atom. The van der Waals surface area contributed by atoms with Crippen LogP contribution in [0.15, 0.2) is 142 Å². The lowest BCUT2D eigenvalue weighted by Gasteiger charge is -2.31. The maximum Gasteiger partial charge on any atom is 0.407 e. The first-order valence-electron chi connectivity index (χ1n) is 20.1. The molecule has 12 nitrogen and oxygen atoms in total. The minimum absolute atomic E-state index is 0.0192. The van der Waals surface area contributed by atoms with Crippen LogP contribution >= 0.6 is 0 Å². The van der Waals surface area contributed by atoms with Gasteiger partial charge in [-0.1, -0.05) is 54.6 Å². The van der Waals surface area contributed by atoms with Crippen LogP contribution in [0.1, 0.15) is 59.1 Å². The van der Waals surface area contributed by atoms with Gasteiger partial charge in [0.15, 0.2) is 0 Å². The third-order valence-electron chi connectivity index (χ3n) is 9.37. The molecule has 1 aliphatic rings. The minimum Gasteiger partial charge on any atom is -0.505 e. The summed E-state index contributed by atoms with van der Waals surface area (Å²) in [5, 5.41) is 21.1. The molecule has 4 aromatic carbocycles. The number of rotatable bonds is 17. The van der Waals surface area contributed by atoms with Gasteiger partial charge in [-0.15, -0.1) is 0 Å². The number of allylic oxidation sites excluding steroid dienone is 1. The number of anilines is 3. The molecule has 0 aliphatic carbocycles. The van der Waals surface area contributed by atoms with Gasteiger partial charge in [0, 0.05) is 41.4 Å². The number of nitrogens with zero attached hydrogens (tertiary/aromatic N) is 6. The summed E-state index contributed by atoms with van der Waals surface area (Å²) in [7, 11) is -2.35. The molecule has 1 heterocycles. The van der Waals surface area contributed by atoms with Crippen molar-refractivity contribution in [3.05, 3.63) is 166 Å². The number of benzene rings is 4. The van der Waals surface area contributed by atoms with Crippen LogP contribution in [0.25, 0.3) is 15.8 Å². The number of azo groups is 1. The van der Waals surface area contributed by atoms with Crippen LogP contribution in [0.3, 0.4) is 0 Å². The highest BCUT2D eigenvalue weighted by Gasteiger charge is 2.38. The van der Waals surface area contributed by atoms with Crippen LogP contribution in [0.4, 0.5) is 33.2 Å². The summed E-state index contributed by atoms with van der Waals surface area (Å²) < 4.78 is 23.7. The van der Waals surface area contributed by atoms with E-state index in [1.54, 1.807) is 19.9 Å². The van der Waals surface area contributed by atoms with Gasteiger partial charge in [-0.05, 0) is 132 Å². The smallest absolute Gasteiger partial charge is 0.407 e. The van der Waals surface area contributed by atoms with Crippen molar-refractivity contribution in [2.24, 2.45) is 10.2 Å². The first-order chi connectivity index (χ1) is 29.2. The average Bonchev–Trinajstić information content (AvgIpc) is 3.50. The molecule has 0 fully saturated rings. The number of hydrogen-bond acceptors (Lipinski definition) is 9. The standard InChI is InChI=1S/C48H51N7O5Si/c1-34(2)59-61(9,60-35(3)4)31-13-30-52-47(56)57-33-37-18-25-41(26-19-37)55(40-14-11-10-12-15-40)42-27-23-39(24-28-42)54-53-38-21-16-36(17-22-38)20-29-43-45(51-8)46(44(32-49)50-7)58-48(43,5)6/h10-12,14-29,34-35H,13,30-31,33H2,1-6,9H3,(H,52,56)/b29-20+,46-44+,54-53?. The van der Waals surface area contributed by atoms with E-state index in [-0.39, 0.29) is 36.0 Å². The van der Waals surface area contributed by atoms with E-state index in [1.165, 1.54) is 0 Å². The van der Waals surface area contributed by atoms with Gasteiger partial charge >= 0.3 is 14.7 Å².